The molecule has 196 valence electrons. The highest BCUT2D eigenvalue weighted by Gasteiger charge is 2.56. The van der Waals surface area contributed by atoms with Crippen molar-refractivity contribution in [2.24, 2.45) is 5.41 Å². The third-order valence-electron chi connectivity index (χ3n) is 6.61. The highest BCUT2D eigenvalue weighted by Crippen LogP contribution is 2.44. The van der Waals surface area contributed by atoms with Crippen molar-refractivity contribution in [3.8, 4) is 0 Å². The lowest BCUT2D eigenvalue weighted by molar-refractivity contribution is -0.150. The lowest BCUT2D eigenvalue weighted by atomic mass is 9.72. The Hall–Kier alpha value is -2.70. The van der Waals surface area contributed by atoms with Gasteiger partial charge in [-0.3, -0.25) is 9.69 Å². The van der Waals surface area contributed by atoms with Crippen LogP contribution in [0.1, 0.15) is 32.1 Å². The largest absolute Gasteiger partial charge is 0.444 e. The SMILES string of the molecule is CC(C)(C)OC(=O)N1CC(F)C[C@H]1C(=O)N1CC2(C1)CN(c1ncnc3sc(CC(F)(F)F)cc13)C2. The second-order valence-corrected chi connectivity index (χ2v) is 12.1. The maximum Gasteiger partial charge on any atom is 0.411 e. The predicted molar refractivity (Wildman–Crippen MR) is 125 cm³/mol. The first-order valence-electron chi connectivity index (χ1n) is 11.7. The van der Waals surface area contributed by atoms with Crippen LogP contribution in [0.3, 0.4) is 0 Å². The molecule has 1 unspecified atom stereocenters. The van der Waals surface area contributed by atoms with Crippen molar-refractivity contribution >= 4 is 39.4 Å². The molecule has 0 bridgehead atoms. The number of hydrogen-bond donors (Lipinski definition) is 0. The van der Waals surface area contributed by atoms with Gasteiger partial charge in [0.15, 0.2) is 0 Å². The van der Waals surface area contributed by atoms with Crippen LogP contribution < -0.4 is 4.90 Å². The Morgan fingerprint density at radius 1 is 1.17 bits per heavy atom. The van der Waals surface area contributed by atoms with Gasteiger partial charge in [0.2, 0.25) is 5.91 Å². The van der Waals surface area contributed by atoms with E-state index >= 15 is 0 Å². The molecule has 3 aliphatic heterocycles. The van der Waals surface area contributed by atoms with Crippen molar-refractivity contribution in [3.05, 3.63) is 17.3 Å². The van der Waals surface area contributed by atoms with Gasteiger partial charge in [-0.2, -0.15) is 13.2 Å². The van der Waals surface area contributed by atoms with E-state index in [2.05, 4.69) is 9.97 Å². The number of carbonyl (C=O) groups excluding carboxylic acids is 2. The molecule has 2 atom stereocenters. The number of rotatable bonds is 3. The Balaban J connectivity index is 1.21. The number of carbonyl (C=O) groups is 2. The van der Waals surface area contributed by atoms with Gasteiger partial charge < -0.3 is 14.5 Å². The Bertz CT molecular complexity index is 1180. The van der Waals surface area contributed by atoms with Gasteiger partial charge in [-0.15, -0.1) is 11.3 Å². The number of fused-ring (bicyclic) bond motifs is 1. The molecule has 0 aliphatic carbocycles. The Labute approximate surface area is 209 Å². The fraction of sp³-hybridized carbons (Fsp3) is 0.652. The van der Waals surface area contributed by atoms with Crippen molar-refractivity contribution in [3.63, 3.8) is 0 Å². The molecule has 3 fully saturated rings. The van der Waals surface area contributed by atoms with Crippen molar-refractivity contribution < 1.29 is 31.9 Å². The van der Waals surface area contributed by atoms with E-state index in [-0.39, 0.29) is 29.2 Å². The Morgan fingerprint density at radius 3 is 2.50 bits per heavy atom. The van der Waals surface area contributed by atoms with E-state index in [0.29, 0.717) is 42.2 Å². The fourth-order valence-electron chi connectivity index (χ4n) is 5.21. The highest BCUT2D eigenvalue weighted by atomic mass is 32.1. The lowest BCUT2D eigenvalue weighted by Crippen LogP contribution is -2.74. The first-order chi connectivity index (χ1) is 16.7. The standard InChI is InChI=1S/C23H27F4N5O3S/c1-21(2,3)35-20(34)32-7-13(24)4-16(32)19(33)31-10-22(11-31)8-30(9-22)17-15-5-14(6-23(25,26)27)36-18(15)29-12-28-17/h5,12-13,16H,4,6-11H2,1-3H3/t13?,16-/m0/s1. The van der Waals surface area contributed by atoms with E-state index in [0.717, 1.165) is 11.3 Å². The number of likely N-dealkylation sites (tertiary alicyclic amines) is 2. The Kier molecular flexibility index (Phi) is 5.84. The number of alkyl halides is 4. The number of amides is 2. The molecule has 1 spiro atoms. The van der Waals surface area contributed by atoms with Gasteiger partial charge in [0.05, 0.1) is 18.4 Å². The van der Waals surface area contributed by atoms with Crippen LogP contribution in [-0.4, -0.2) is 88.5 Å². The summed E-state index contributed by atoms with van der Waals surface area (Å²) in [4.78, 5) is 39.6. The molecule has 2 aromatic rings. The average Bonchev–Trinajstić information content (AvgIpc) is 3.26. The highest BCUT2D eigenvalue weighted by molar-refractivity contribution is 7.18. The van der Waals surface area contributed by atoms with E-state index in [9.17, 15) is 27.2 Å². The predicted octanol–water partition coefficient (Wildman–Crippen LogP) is 3.79. The van der Waals surface area contributed by atoms with Crippen LogP contribution in [0.5, 0.6) is 0 Å². The van der Waals surface area contributed by atoms with Crippen LogP contribution in [0.15, 0.2) is 12.4 Å². The van der Waals surface area contributed by atoms with E-state index in [1.54, 1.807) is 25.7 Å². The normalized spacial score (nSPS) is 23.7. The summed E-state index contributed by atoms with van der Waals surface area (Å²) >= 11 is 1.01. The summed E-state index contributed by atoms with van der Waals surface area (Å²) < 4.78 is 58.0. The van der Waals surface area contributed by atoms with E-state index in [1.165, 1.54) is 17.3 Å². The van der Waals surface area contributed by atoms with Gasteiger partial charge in [-0.1, -0.05) is 0 Å². The van der Waals surface area contributed by atoms with Gasteiger partial charge >= 0.3 is 12.3 Å². The van der Waals surface area contributed by atoms with Gasteiger partial charge in [0, 0.05) is 42.9 Å². The summed E-state index contributed by atoms with van der Waals surface area (Å²) in [6, 6.07) is 0.617. The molecule has 0 aromatic carbocycles. The maximum absolute atomic E-state index is 14.2. The number of ether oxygens (including phenoxy) is 1. The van der Waals surface area contributed by atoms with Crippen LogP contribution in [0.25, 0.3) is 10.2 Å². The first-order valence-corrected chi connectivity index (χ1v) is 12.5. The number of nitrogens with zero attached hydrogens (tertiary/aromatic N) is 5. The second kappa shape index (κ2) is 8.42. The van der Waals surface area contributed by atoms with Gasteiger partial charge in [-0.05, 0) is 26.8 Å². The Morgan fingerprint density at radius 2 is 1.86 bits per heavy atom. The molecule has 5 rings (SSSR count). The van der Waals surface area contributed by atoms with Crippen LogP contribution >= 0.6 is 11.3 Å². The van der Waals surface area contributed by atoms with Crippen LogP contribution in [0, 0.1) is 5.41 Å². The van der Waals surface area contributed by atoms with Gasteiger partial charge in [0.1, 0.15) is 34.8 Å². The zero-order valence-electron chi connectivity index (χ0n) is 20.1. The monoisotopic (exact) mass is 529 g/mol. The minimum Gasteiger partial charge on any atom is -0.444 e. The summed E-state index contributed by atoms with van der Waals surface area (Å²) in [5.74, 6) is 0.302. The average molecular weight is 530 g/mol. The maximum atomic E-state index is 14.2. The summed E-state index contributed by atoms with van der Waals surface area (Å²) in [6.45, 7) is 7.10. The molecule has 5 heterocycles. The number of halogens is 4. The second-order valence-electron chi connectivity index (χ2n) is 11.0. The van der Waals surface area contributed by atoms with Crippen molar-refractivity contribution in [2.45, 2.75) is 57.6 Å². The number of anilines is 1. The molecule has 8 nitrogen and oxygen atoms in total. The zero-order valence-corrected chi connectivity index (χ0v) is 21.0. The quantitative estimate of drug-likeness (QED) is 0.563. The molecule has 3 aliphatic rings. The smallest absolute Gasteiger partial charge is 0.411 e. The first kappa shape index (κ1) is 25.0. The molecule has 13 heteroatoms. The summed E-state index contributed by atoms with van der Waals surface area (Å²) in [7, 11) is 0. The summed E-state index contributed by atoms with van der Waals surface area (Å²) in [6.07, 6.45) is -5.97. The molecule has 3 saturated heterocycles. The van der Waals surface area contributed by atoms with E-state index in [1.807, 2.05) is 4.90 Å². The molecule has 0 saturated carbocycles. The van der Waals surface area contributed by atoms with Crippen LogP contribution in [-0.2, 0) is 16.0 Å². The molecule has 2 amide bonds. The lowest BCUT2D eigenvalue weighted by Gasteiger charge is -2.61. The van der Waals surface area contributed by atoms with Crippen molar-refractivity contribution in [2.75, 3.05) is 37.6 Å². The topological polar surface area (TPSA) is 78.9 Å². The van der Waals surface area contributed by atoms with Crippen LogP contribution in [0.2, 0.25) is 0 Å². The van der Waals surface area contributed by atoms with Gasteiger partial charge in [0.25, 0.3) is 0 Å². The minimum absolute atomic E-state index is 0.0506. The third-order valence-corrected chi connectivity index (χ3v) is 7.66. The van der Waals surface area contributed by atoms with Crippen LogP contribution in [0.4, 0.5) is 28.2 Å². The molecule has 0 radical (unpaired) electrons. The zero-order chi connectivity index (χ0) is 26.0. The minimum atomic E-state index is -4.29. The number of hydrogen-bond acceptors (Lipinski definition) is 7. The molecular weight excluding hydrogens is 502 g/mol. The molecular formula is C23H27F4N5O3S. The van der Waals surface area contributed by atoms with E-state index < -0.39 is 36.5 Å². The van der Waals surface area contributed by atoms with Crippen molar-refractivity contribution in [1.82, 2.24) is 19.8 Å². The fourth-order valence-corrected chi connectivity index (χ4v) is 6.24. The van der Waals surface area contributed by atoms with Crippen molar-refractivity contribution in [1.29, 1.82) is 0 Å². The summed E-state index contributed by atoms with van der Waals surface area (Å²) in [5, 5.41) is 0.594. The third kappa shape index (κ3) is 4.81. The summed E-state index contributed by atoms with van der Waals surface area (Å²) in [5.41, 5.74) is -0.903. The van der Waals surface area contributed by atoms with E-state index in [4.69, 9.17) is 4.74 Å². The molecule has 36 heavy (non-hydrogen) atoms. The van der Waals surface area contributed by atoms with Gasteiger partial charge in [-0.25, -0.2) is 19.2 Å². The number of aromatic nitrogens is 2. The number of thiophene rings is 1. The molecule has 0 N–H and O–H groups in total. The molecule has 2 aromatic heterocycles.